The van der Waals surface area contributed by atoms with Crippen LogP contribution in [0.5, 0.6) is 5.75 Å². The summed E-state index contributed by atoms with van der Waals surface area (Å²) in [6.07, 6.45) is 3.72. The first-order valence-electron chi connectivity index (χ1n) is 8.82. The molecule has 4 heteroatoms. The molecule has 4 nitrogen and oxygen atoms in total. The minimum absolute atomic E-state index is 0.238. The maximum absolute atomic E-state index is 6.28. The van der Waals surface area contributed by atoms with Crippen molar-refractivity contribution in [3.8, 4) is 5.75 Å². The molecule has 1 aromatic heterocycles. The fourth-order valence-electron chi connectivity index (χ4n) is 3.21. The van der Waals surface area contributed by atoms with E-state index in [0.29, 0.717) is 6.61 Å². The molecule has 0 fully saturated rings. The highest BCUT2D eigenvalue weighted by Crippen LogP contribution is 2.27. The van der Waals surface area contributed by atoms with E-state index in [2.05, 4.69) is 36.1 Å². The first-order valence-corrected chi connectivity index (χ1v) is 8.82. The lowest BCUT2D eigenvalue weighted by Crippen LogP contribution is -2.32. The smallest absolute Gasteiger partial charge is 0.129 e. The number of hydrogen-bond donors (Lipinski definition) is 0. The van der Waals surface area contributed by atoms with Crippen molar-refractivity contribution in [2.45, 2.75) is 52.0 Å². The normalized spacial score (nSPS) is 18.0. The highest BCUT2D eigenvalue weighted by atomic mass is 16.5. The summed E-state index contributed by atoms with van der Waals surface area (Å²) < 4.78 is 17.3. The number of para-hydroxylation sites is 1. The topological polar surface area (TPSA) is 34.8 Å². The summed E-state index contributed by atoms with van der Waals surface area (Å²) in [6, 6.07) is 12.4. The van der Waals surface area contributed by atoms with Gasteiger partial charge in [0.15, 0.2) is 0 Å². The van der Waals surface area contributed by atoms with Gasteiger partial charge in [-0.1, -0.05) is 31.5 Å². The maximum Gasteiger partial charge on any atom is 0.129 e. The lowest BCUT2D eigenvalue weighted by molar-refractivity contribution is 0.125. The summed E-state index contributed by atoms with van der Waals surface area (Å²) in [6.45, 7) is 5.35. The summed E-state index contributed by atoms with van der Waals surface area (Å²) in [7, 11) is 1.68. The van der Waals surface area contributed by atoms with E-state index in [1.807, 2.05) is 12.1 Å². The minimum atomic E-state index is 0.238. The molecule has 0 saturated heterocycles. The summed E-state index contributed by atoms with van der Waals surface area (Å²) in [5, 5.41) is 0. The fourth-order valence-corrected chi connectivity index (χ4v) is 3.21. The van der Waals surface area contributed by atoms with Crippen molar-refractivity contribution < 1.29 is 13.9 Å². The zero-order valence-electron chi connectivity index (χ0n) is 14.7. The molecule has 2 aromatic rings. The van der Waals surface area contributed by atoms with Crippen LogP contribution in [0.15, 0.2) is 40.8 Å². The second-order valence-electron chi connectivity index (χ2n) is 6.46. The van der Waals surface area contributed by atoms with E-state index >= 15 is 0 Å². The van der Waals surface area contributed by atoms with E-state index in [-0.39, 0.29) is 6.10 Å². The molecule has 0 radical (unpaired) electrons. The van der Waals surface area contributed by atoms with Gasteiger partial charge in [-0.2, -0.15) is 0 Å². The Bertz CT molecular complexity index is 637. The van der Waals surface area contributed by atoms with Gasteiger partial charge in [-0.25, -0.2) is 0 Å². The van der Waals surface area contributed by atoms with Crippen molar-refractivity contribution in [1.29, 1.82) is 0 Å². The second kappa shape index (κ2) is 8.36. The molecule has 0 bridgehead atoms. The second-order valence-corrected chi connectivity index (χ2v) is 6.46. The van der Waals surface area contributed by atoms with Crippen molar-refractivity contribution in [2.24, 2.45) is 0 Å². The van der Waals surface area contributed by atoms with Gasteiger partial charge in [0, 0.05) is 25.8 Å². The highest BCUT2D eigenvalue weighted by molar-refractivity contribution is 5.34. The van der Waals surface area contributed by atoms with Crippen molar-refractivity contribution >= 4 is 0 Å². The van der Waals surface area contributed by atoms with Crippen LogP contribution >= 0.6 is 0 Å². The number of nitrogens with zero attached hydrogens (tertiary/aromatic N) is 1. The number of benzene rings is 1. The molecule has 1 aromatic carbocycles. The quantitative estimate of drug-likeness (QED) is 0.755. The van der Waals surface area contributed by atoms with E-state index in [4.69, 9.17) is 13.9 Å². The Balaban J connectivity index is 1.73. The van der Waals surface area contributed by atoms with Crippen LogP contribution in [-0.4, -0.2) is 24.7 Å². The lowest BCUT2D eigenvalue weighted by Gasteiger charge is -2.23. The number of rotatable bonds is 7. The standard InChI is InChI=1S/C20H27NO3/c1-3-4-8-17-13-21(12-16-7-5-6-9-20(16)24-17)14-18-10-11-19(23-18)15-22-2/h5-7,9-11,17H,3-4,8,12-15H2,1-2H3/t17-/m1/s1. The van der Waals surface area contributed by atoms with E-state index in [9.17, 15) is 0 Å². The zero-order chi connectivity index (χ0) is 16.8. The van der Waals surface area contributed by atoms with Crippen LogP contribution in [0.25, 0.3) is 0 Å². The summed E-state index contributed by atoms with van der Waals surface area (Å²) in [5.41, 5.74) is 1.25. The Labute approximate surface area is 144 Å². The van der Waals surface area contributed by atoms with Gasteiger partial charge >= 0.3 is 0 Å². The van der Waals surface area contributed by atoms with Crippen molar-refractivity contribution in [3.05, 3.63) is 53.5 Å². The molecule has 1 aliphatic heterocycles. The molecule has 24 heavy (non-hydrogen) atoms. The molecule has 2 heterocycles. The van der Waals surface area contributed by atoms with Gasteiger partial charge in [-0.05, 0) is 31.0 Å². The third-order valence-corrected chi connectivity index (χ3v) is 4.39. The van der Waals surface area contributed by atoms with Crippen LogP contribution < -0.4 is 4.74 Å². The molecule has 0 unspecified atom stereocenters. The minimum Gasteiger partial charge on any atom is -0.489 e. The van der Waals surface area contributed by atoms with Gasteiger partial charge in [-0.15, -0.1) is 0 Å². The molecule has 3 rings (SSSR count). The Morgan fingerprint density at radius 1 is 1.17 bits per heavy atom. The van der Waals surface area contributed by atoms with Crippen LogP contribution in [0.1, 0.15) is 43.3 Å². The van der Waals surface area contributed by atoms with Crippen molar-refractivity contribution in [1.82, 2.24) is 4.90 Å². The van der Waals surface area contributed by atoms with E-state index in [1.54, 1.807) is 7.11 Å². The average Bonchev–Trinajstić information content (AvgIpc) is 2.93. The van der Waals surface area contributed by atoms with Gasteiger partial charge in [0.2, 0.25) is 0 Å². The van der Waals surface area contributed by atoms with Gasteiger partial charge in [0.25, 0.3) is 0 Å². The summed E-state index contributed by atoms with van der Waals surface area (Å²) in [4.78, 5) is 2.42. The molecule has 130 valence electrons. The fraction of sp³-hybridized carbons (Fsp3) is 0.500. The van der Waals surface area contributed by atoms with Crippen LogP contribution in [0.2, 0.25) is 0 Å². The largest absolute Gasteiger partial charge is 0.489 e. The Morgan fingerprint density at radius 2 is 2.00 bits per heavy atom. The first kappa shape index (κ1) is 17.1. The third kappa shape index (κ3) is 4.40. The SMILES string of the molecule is CCCC[C@@H]1CN(Cc2ccc(COC)o2)Cc2ccccc2O1. The van der Waals surface area contributed by atoms with Crippen molar-refractivity contribution in [2.75, 3.05) is 13.7 Å². The molecular formula is C20H27NO3. The van der Waals surface area contributed by atoms with Gasteiger partial charge < -0.3 is 13.9 Å². The van der Waals surface area contributed by atoms with E-state index in [1.165, 1.54) is 18.4 Å². The number of ether oxygens (including phenoxy) is 2. The van der Waals surface area contributed by atoms with Crippen LogP contribution in [0.4, 0.5) is 0 Å². The number of methoxy groups -OCH3 is 1. The maximum atomic E-state index is 6.28. The summed E-state index contributed by atoms with van der Waals surface area (Å²) >= 11 is 0. The molecule has 0 amide bonds. The Hall–Kier alpha value is -1.78. The molecule has 1 aliphatic rings. The highest BCUT2D eigenvalue weighted by Gasteiger charge is 2.23. The van der Waals surface area contributed by atoms with Crippen molar-refractivity contribution in [3.63, 3.8) is 0 Å². The van der Waals surface area contributed by atoms with E-state index < -0.39 is 0 Å². The number of fused-ring (bicyclic) bond motifs is 1. The van der Waals surface area contributed by atoms with Gasteiger partial charge in [0.1, 0.15) is 30.0 Å². The Morgan fingerprint density at radius 3 is 2.83 bits per heavy atom. The molecule has 0 spiro atoms. The summed E-state index contributed by atoms with van der Waals surface area (Å²) in [5.74, 6) is 2.89. The number of furan rings is 1. The molecular weight excluding hydrogens is 302 g/mol. The first-order chi connectivity index (χ1) is 11.8. The van der Waals surface area contributed by atoms with Crippen LogP contribution in [0.3, 0.4) is 0 Å². The van der Waals surface area contributed by atoms with Gasteiger partial charge in [0.05, 0.1) is 6.54 Å². The molecule has 0 aliphatic carbocycles. The number of hydrogen-bond acceptors (Lipinski definition) is 4. The zero-order valence-corrected chi connectivity index (χ0v) is 14.7. The number of unbranched alkanes of at least 4 members (excludes halogenated alkanes) is 1. The predicted octanol–water partition coefficient (Wildman–Crippen LogP) is 4.38. The third-order valence-electron chi connectivity index (χ3n) is 4.39. The predicted molar refractivity (Wildman–Crippen MR) is 93.9 cm³/mol. The van der Waals surface area contributed by atoms with Crippen LogP contribution in [0, 0.1) is 0 Å². The van der Waals surface area contributed by atoms with E-state index in [0.717, 1.165) is 43.3 Å². The molecule has 1 atom stereocenters. The van der Waals surface area contributed by atoms with Gasteiger partial charge in [-0.3, -0.25) is 4.90 Å². The molecule has 0 saturated carbocycles. The van der Waals surface area contributed by atoms with Crippen LogP contribution in [-0.2, 0) is 24.4 Å². The average molecular weight is 329 g/mol. The lowest BCUT2D eigenvalue weighted by atomic mass is 10.1. The Kier molecular flexibility index (Phi) is 5.94. The monoisotopic (exact) mass is 329 g/mol. The molecule has 0 N–H and O–H groups in total.